The van der Waals surface area contributed by atoms with E-state index in [1.54, 1.807) is 0 Å². The van der Waals surface area contributed by atoms with Gasteiger partial charge < -0.3 is 4.90 Å². The number of para-hydroxylation sites is 1. The van der Waals surface area contributed by atoms with Gasteiger partial charge in [-0.3, -0.25) is 0 Å². The van der Waals surface area contributed by atoms with Gasteiger partial charge in [-0.1, -0.05) is 18.2 Å². The molecule has 0 atom stereocenters. The van der Waals surface area contributed by atoms with Crippen LogP contribution in [0.15, 0.2) is 54.9 Å². The zero-order chi connectivity index (χ0) is 15.7. The third-order valence-corrected chi connectivity index (χ3v) is 3.40. The van der Waals surface area contributed by atoms with Crippen LogP contribution in [0.2, 0.25) is 0 Å². The maximum absolute atomic E-state index is 12.8. The van der Waals surface area contributed by atoms with Gasteiger partial charge in [-0.25, -0.2) is 9.97 Å². The fourth-order valence-electron chi connectivity index (χ4n) is 2.26. The fraction of sp³-hybridized carbons (Fsp3) is 0.125. The quantitative estimate of drug-likeness (QED) is 0.702. The Bertz CT molecular complexity index is 801. The number of halogens is 3. The molecule has 0 fully saturated rings. The highest BCUT2D eigenvalue weighted by Gasteiger charge is 2.30. The van der Waals surface area contributed by atoms with Gasteiger partial charge in [0.25, 0.3) is 0 Å². The minimum Gasteiger partial charge on any atom is -0.329 e. The molecule has 3 nitrogen and oxygen atoms in total. The molecule has 0 bridgehead atoms. The molecule has 3 aromatic rings. The van der Waals surface area contributed by atoms with E-state index in [0.717, 1.165) is 17.8 Å². The molecule has 0 radical (unpaired) electrons. The minimum atomic E-state index is -4.38. The lowest BCUT2D eigenvalue weighted by Gasteiger charge is -2.20. The number of aromatic nitrogens is 2. The van der Waals surface area contributed by atoms with Gasteiger partial charge in [0.05, 0.1) is 11.1 Å². The molecular weight excluding hydrogens is 291 g/mol. The van der Waals surface area contributed by atoms with Crippen molar-refractivity contribution in [1.82, 2.24) is 9.97 Å². The smallest absolute Gasteiger partial charge is 0.329 e. The molecule has 0 amide bonds. The van der Waals surface area contributed by atoms with Gasteiger partial charge >= 0.3 is 6.18 Å². The summed E-state index contributed by atoms with van der Waals surface area (Å²) < 4.78 is 38.4. The number of alkyl halides is 3. The lowest BCUT2D eigenvalue weighted by molar-refractivity contribution is -0.137. The van der Waals surface area contributed by atoms with Gasteiger partial charge in [0.2, 0.25) is 0 Å². The number of hydrogen-bond donors (Lipinski definition) is 0. The van der Waals surface area contributed by atoms with Crippen LogP contribution in [-0.2, 0) is 6.18 Å². The first-order chi connectivity index (χ1) is 10.5. The summed E-state index contributed by atoms with van der Waals surface area (Å²) in [4.78, 5) is 9.98. The largest absolute Gasteiger partial charge is 0.416 e. The molecule has 1 heterocycles. The van der Waals surface area contributed by atoms with Crippen molar-refractivity contribution in [1.29, 1.82) is 0 Å². The second kappa shape index (κ2) is 5.29. The Kier molecular flexibility index (Phi) is 3.44. The lowest BCUT2D eigenvalue weighted by atomic mass is 10.1. The summed E-state index contributed by atoms with van der Waals surface area (Å²) in [6, 6.07) is 13.0. The van der Waals surface area contributed by atoms with Gasteiger partial charge in [0.1, 0.15) is 12.1 Å². The van der Waals surface area contributed by atoms with E-state index in [1.807, 2.05) is 42.3 Å². The molecule has 0 aliphatic rings. The zero-order valence-corrected chi connectivity index (χ0v) is 11.7. The van der Waals surface area contributed by atoms with Crippen molar-refractivity contribution in [2.24, 2.45) is 0 Å². The van der Waals surface area contributed by atoms with E-state index in [-0.39, 0.29) is 5.52 Å². The average Bonchev–Trinajstić information content (AvgIpc) is 2.53. The fourth-order valence-corrected chi connectivity index (χ4v) is 2.26. The number of fused-ring (bicyclic) bond motifs is 1. The molecule has 0 aliphatic carbocycles. The Morgan fingerprint density at radius 2 is 1.68 bits per heavy atom. The van der Waals surface area contributed by atoms with E-state index < -0.39 is 11.7 Å². The SMILES string of the molecule is CN(c1ccccc1)c1ncnc2cc(C(F)(F)F)ccc12. The molecule has 0 N–H and O–H groups in total. The molecule has 0 saturated heterocycles. The molecular formula is C16H12F3N3. The van der Waals surface area contributed by atoms with Crippen LogP contribution in [0, 0.1) is 0 Å². The maximum atomic E-state index is 12.8. The van der Waals surface area contributed by atoms with Crippen LogP contribution in [0.1, 0.15) is 5.56 Å². The van der Waals surface area contributed by atoms with E-state index in [2.05, 4.69) is 9.97 Å². The van der Waals surface area contributed by atoms with Crippen LogP contribution < -0.4 is 4.90 Å². The molecule has 1 aromatic heterocycles. The maximum Gasteiger partial charge on any atom is 0.416 e. The molecule has 2 aromatic carbocycles. The molecule has 3 rings (SSSR count). The standard InChI is InChI=1S/C16H12F3N3/c1-22(12-5-3-2-4-6-12)15-13-8-7-11(16(17,18)19)9-14(13)20-10-21-15/h2-10H,1H3. The summed E-state index contributed by atoms with van der Waals surface area (Å²) in [6.45, 7) is 0. The van der Waals surface area contributed by atoms with Crippen LogP contribution in [0.3, 0.4) is 0 Å². The summed E-state index contributed by atoms with van der Waals surface area (Å²) >= 11 is 0. The second-order valence-corrected chi connectivity index (χ2v) is 4.82. The van der Waals surface area contributed by atoms with Crippen molar-refractivity contribution < 1.29 is 13.2 Å². The molecule has 0 saturated carbocycles. The van der Waals surface area contributed by atoms with Crippen LogP contribution in [-0.4, -0.2) is 17.0 Å². The average molecular weight is 303 g/mol. The van der Waals surface area contributed by atoms with E-state index in [1.165, 1.54) is 12.4 Å². The number of benzene rings is 2. The Balaban J connectivity index is 2.12. The Hall–Kier alpha value is -2.63. The van der Waals surface area contributed by atoms with Crippen LogP contribution in [0.4, 0.5) is 24.7 Å². The van der Waals surface area contributed by atoms with Gasteiger partial charge in [-0.15, -0.1) is 0 Å². The normalized spacial score (nSPS) is 11.6. The van der Waals surface area contributed by atoms with Crippen LogP contribution >= 0.6 is 0 Å². The first-order valence-electron chi connectivity index (χ1n) is 6.57. The molecule has 0 spiro atoms. The first-order valence-corrected chi connectivity index (χ1v) is 6.57. The predicted octanol–water partition coefficient (Wildman–Crippen LogP) is 4.42. The number of rotatable bonds is 2. The predicted molar refractivity (Wildman–Crippen MR) is 79.0 cm³/mol. The highest BCUT2D eigenvalue weighted by atomic mass is 19.4. The van der Waals surface area contributed by atoms with Crippen LogP contribution in [0.25, 0.3) is 10.9 Å². The summed E-state index contributed by atoms with van der Waals surface area (Å²) in [5.41, 5.74) is 0.442. The number of anilines is 2. The van der Waals surface area contributed by atoms with E-state index in [4.69, 9.17) is 0 Å². The molecule has 0 aliphatic heterocycles. The first kappa shape index (κ1) is 14.3. The monoisotopic (exact) mass is 303 g/mol. The Morgan fingerprint density at radius 3 is 2.36 bits per heavy atom. The summed E-state index contributed by atoms with van der Waals surface area (Å²) in [5.74, 6) is 0.560. The van der Waals surface area contributed by atoms with E-state index in [0.29, 0.717) is 11.2 Å². The van der Waals surface area contributed by atoms with Gasteiger partial charge in [0, 0.05) is 18.1 Å². The highest BCUT2D eigenvalue weighted by Crippen LogP contribution is 2.33. The third kappa shape index (κ3) is 2.59. The van der Waals surface area contributed by atoms with Crippen molar-refractivity contribution in [2.75, 3.05) is 11.9 Å². The van der Waals surface area contributed by atoms with Crippen molar-refractivity contribution >= 4 is 22.4 Å². The molecule has 22 heavy (non-hydrogen) atoms. The van der Waals surface area contributed by atoms with E-state index >= 15 is 0 Å². The lowest BCUT2D eigenvalue weighted by Crippen LogP contribution is -2.12. The Morgan fingerprint density at radius 1 is 0.955 bits per heavy atom. The summed E-state index contributed by atoms with van der Waals surface area (Å²) in [5, 5.41) is 0.571. The van der Waals surface area contributed by atoms with Gasteiger partial charge in [0.15, 0.2) is 0 Å². The van der Waals surface area contributed by atoms with E-state index in [9.17, 15) is 13.2 Å². The Labute approximate surface area is 125 Å². The topological polar surface area (TPSA) is 29.0 Å². The minimum absolute atomic E-state index is 0.266. The molecule has 6 heteroatoms. The van der Waals surface area contributed by atoms with Crippen LogP contribution in [0.5, 0.6) is 0 Å². The molecule has 0 unspecified atom stereocenters. The van der Waals surface area contributed by atoms with Crippen molar-refractivity contribution in [3.63, 3.8) is 0 Å². The number of hydrogen-bond acceptors (Lipinski definition) is 3. The highest BCUT2D eigenvalue weighted by molar-refractivity contribution is 5.91. The van der Waals surface area contributed by atoms with Crippen molar-refractivity contribution in [3.05, 3.63) is 60.4 Å². The third-order valence-electron chi connectivity index (χ3n) is 3.40. The van der Waals surface area contributed by atoms with Gasteiger partial charge in [-0.05, 0) is 30.3 Å². The van der Waals surface area contributed by atoms with Gasteiger partial charge in [-0.2, -0.15) is 13.2 Å². The van der Waals surface area contributed by atoms with Crippen molar-refractivity contribution in [3.8, 4) is 0 Å². The zero-order valence-electron chi connectivity index (χ0n) is 11.7. The second-order valence-electron chi connectivity index (χ2n) is 4.82. The summed E-state index contributed by atoms with van der Waals surface area (Å²) in [6.07, 6.45) is -3.11. The summed E-state index contributed by atoms with van der Waals surface area (Å²) in [7, 11) is 1.81. The number of nitrogens with zero attached hydrogens (tertiary/aromatic N) is 3. The molecule has 112 valence electrons. The van der Waals surface area contributed by atoms with Crippen molar-refractivity contribution in [2.45, 2.75) is 6.18 Å².